The van der Waals surface area contributed by atoms with Gasteiger partial charge >= 0.3 is 12.5 Å². The highest BCUT2D eigenvalue weighted by Gasteiger charge is 2.44. The summed E-state index contributed by atoms with van der Waals surface area (Å²) >= 11 is 0. The summed E-state index contributed by atoms with van der Waals surface area (Å²) in [6, 6.07) is 8.30. The molecule has 0 spiro atoms. The van der Waals surface area contributed by atoms with Gasteiger partial charge in [-0.25, -0.2) is 0 Å². The molecule has 1 heterocycles. The average Bonchev–Trinajstić information content (AvgIpc) is 2.77. The van der Waals surface area contributed by atoms with Crippen molar-refractivity contribution in [2.45, 2.75) is 12.5 Å². The first-order valence-electron chi connectivity index (χ1n) is 4.94. The highest BCUT2D eigenvalue weighted by Crippen LogP contribution is 2.33. The molecule has 7 heteroatoms. The van der Waals surface area contributed by atoms with Crippen LogP contribution in [0.1, 0.15) is 0 Å². The Labute approximate surface area is 99.4 Å². The molecule has 96 valence electrons. The first-order chi connectivity index (χ1) is 8.50. The zero-order chi connectivity index (χ0) is 13.2. The molecule has 0 amide bonds. The van der Waals surface area contributed by atoms with E-state index in [0.29, 0.717) is 5.56 Å². The van der Waals surface area contributed by atoms with E-state index in [2.05, 4.69) is 14.9 Å². The van der Waals surface area contributed by atoms with Gasteiger partial charge in [-0.2, -0.15) is 22.7 Å². The van der Waals surface area contributed by atoms with E-state index >= 15 is 0 Å². The van der Waals surface area contributed by atoms with Gasteiger partial charge in [0.15, 0.2) is 5.75 Å². The molecular formula is C11H8F4N2O. The molecule has 0 atom stereocenters. The molecule has 3 nitrogen and oxygen atoms in total. The van der Waals surface area contributed by atoms with Crippen LogP contribution in [0.25, 0.3) is 11.3 Å². The van der Waals surface area contributed by atoms with Crippen molar-refractivity contribution in [3.8, 4) is 17.0 Å². The van der Waals surface area contributed by atoms with Crippen LogP contribution in [0.4, 0.5) is 17.6 Å². The molecule has 0 fully saturated rings. The van der Waals surface area contributed by atoms with E-state index in [1.807, 2.05) is 0 Å². The second-order valence-electron chi connectivity index (χ2n) is 3.44. The number of nitrogens with zero attached hydrogens (tertiary/aromatic N) is 1. The minimum Gasteiger partial charge on any atom is -0.424 e. The van der Waals surface area contributed by atoms with Crippen molar-refractivity contribution in [2.75, 3.05) is 0 Å². The highest BCUT2D eigenvalue weighted by atomic mass is 19.3. The van der Waals surface area contributed by atoms with Gasteiger partial charge in [-0.15, -0.1) is 0 Å². The molecule has 0 saturated carbocycles. The lowest BCUT2D eigenvalue weighted by atomic mass is 10.1. The lowest BCUT2D eigenvalue weighted by Gasteiger charge is -2.16. The van der Waals surface area contributed by atoms with Crippen LogP contribution in [0.2, 0.25) is 0 Å². The van der Waals surface area contributed by atoms with Crippen LogP contribution < -0.4 is 4.74 Å². The first kappa shape index (κ1) is 12.4. The fourth-order valence-corrected chi connectivity index (χ4v) is 1.36. The summed E-state index contributed by atoms with van der Waals surface area (Å²) in [5.74, 6) is -0.425. The van der Waals surface area contributed by atoms with Gasteiger partial charge in [0, 0.05) is 5.56 Å². The zero-order valence-electron chi connectivity index (χ0n) is 8.91. The highest BCUT2D eigenvalue weighted by molar-refractivity contribution is 5.65. The lowest BCUT2D eigenvalue weighted by Crippen LogP contribution is -2.33. The van der Waals surface area contributed by atoms with Gasteiger partial charge in [0.05, 0.1) is 6.20 Å². The van der Waals surface area contributed by atoms with E-state index in [1.54, 1.807) is 30.3 Å². The molecule has 0 bridgehead atoms. The number of hydrogen-bond acceptors (Lipinski definition) is 2. The Hall–Kier alpha value is -2.05. The number of ether oxygens (including phenoxy) is 1. The summed E-state index contributed by atoms with van der Waals surface area (Å²) in [5, 5.41) is 5.94. The number of aromatic nitrogens is 2. The summed E-state index contributed by atoms with van der Waals surface area (Å²) in [6.45, 7) is 0. The van der Waals surface area contributed by atoms with Crippen LogP contribution in [0, 0.1) is 0 Å². The van der Waals surface area contributed by atoms with Crippen molar-refractivity contribution in [2.24, 2.45) is 0 Å². The van der Waals surface area contributed by atoms with Crippen LogP contribution >= 0.6 is 0 Å². The number of hydrogen-bond donors (Lipinski definition) is 1. The molecule has 0 unspecified atom stereocenters. The predicted octanol–water partition coefficient (Wildman–Crippen LogP) is 3.31. The van der Waals surface area contributed by atoms with E-state index in [1.165, 1.54) is 0 Å². The molecule has 1 aromatic heterocycles. The normalized spacial score (nSPS) is 11.8. The van der Waals surface area contributed by atoms with Gasteiger partial charge in [0.2, 0.25) is 0 Å². The SMILES string of the molecule is FC(F)C(F)(F)Oc1cn[nH]c1-c1ccccc1. The third-order valence-electron chi connectivity index (χ3n) is 2.17. The molecule has 2 rings (SSSR count). The Morgan fingerprint density at radius 2 is 1.83 bits per heavy atom. The molecule has 2 aromatic rings. The van der Waals surface area contributed by atoms with E-state index in [4.69, 9.17) is 0 Å². The first-order valence-corrected chi connectivity index (χ1v) is 4.94. The standard InChI is InChI=1S/C11H8F4N2O/c12-10(13)11(14,15)18-8-6-16-17-9(8)7-4-2-1-3-5-7/h1-6,10H,(H,16,17). The number of benzene rings is 1. The molecule has 1 aromatic carbocycles. The van der Waals surface area contributed by atoms with Gasteiger partial charge in [-0.05, 0) is 0 Å². The number of nitrogens with one attached hydrogen (secondary N) is 1. The predicted molar refractivity (Wildman–Crippen MR) is 55.6 cm³/mol. The molecule has 0 radical (unpaired) electrons. The molecule has 0 aliphatic heterocycles. The van der Waals surface area contributed by atoms with E-state index in [9.17, 15) is 17.6 Å². The molecule has 0 saturated heterocycles. The van der Waals surface area contributed by atoms with Crippen LogP contribution in [-0.2, 0) is 0 Å². The third-order valence-corrected chi connectivity index (χ3v) is 2.17. The van der Waals surface area contributed by atoms with Gasteiger partial charge in [-0.1, -0.05) is 30.3 Å². The summed E-state index contributed by atoms with van der Waals surface area (Å²) in [5.41, 5.74) is 0.631. The lowest BCUT2D eigenvalue weighted by molar-refractivity contribution is -0.253. The second-order valence-corrected chi connectivity index (χ2v) is 3.44. The molecule has 1 N–H and O–H groups in total. The van der Waals surface area contributed by atoms with Crippen molar-refractivity contribution in [3.05, 3.63) is 36.5 Å². The maximum atomic E-state index is 12.8. The second kappa shape index (κ2) is 4.67. The number of H-pyrrole nitrogens is 1. The number of rotatable bonds is 4. The fraction of sp³-hybridized carbons (Fsp3) is 0.182. The summed E-state index contributed by atoms with van der Waals surface area (Å²) < 4.78 is 53.7. The van der Waals surface area contributed by atoms with Crippen LogP contribution in [-0.4, -0.2) is 22.7 Å². The minimum absolute atomic E-state index is 0.121. The Kier molecular flexibility index (Phi) is 3.22. The van der Waals surface area contributed by atoms with E-state index in [0.717, 1.165) is 6.20 Å². The fourth-order valence-electron chi connectivity index (χ4n) is 1.36. The molecule has 18 heavy (non-hydrogen) atoms. The van der Waals surface area contributed by atoms with Crippen LogP contribution in [0.3, 0.4) is 0 Å². The van der Waals surface area contributed by atoms with Gasteiger partial charge in [-0.3, -0.25) is 5.10 Å². The van der Waals surface area contributed by atoms with E-state index in [-0.39, 0.29) is 5.69 Å². The van der Waals surface area contributed by atoms with Crippen molar-refractivity contribution >= 4 is 0 Å². The van der Waals surface area contributed by atoms with Crippen molar-refractivity contribution < 1.29 is 22.3 Å². The Bertz CT molecular complexity index is 513. The smallest absolute Gasteiger partial charge is 0.424 e. The Balaban J connectivity index is 2.30. The topological polar surface area (TPSA) is 37.9 Å². The number of halogens is 4. The quantitative estimate of drug-likeness (QED) is 0.856. The minimum atomic E-state index is -4.55. The maximum absolute atomic E-state index is 12.8. The van der Waals surface area contributed by atoms with Crippen molar-refractivity contribution in [1.82, 2.24) is 10.2 Å². The average molecular weight is 260 g/mol. The maximum Gasteiger partial charge on any atom is 0.461 e. The number of alkyl halides is 4. The molecule has 0 aliphatic rings. The van der Waals surface area contributed by atoms with Gasteiger partial charge in [0.25, 0.3) is 0 Å². The largest absolute Gasteiger partial charge is 0.461 e. The van der Waals surface area contributed by atoms with Crippen molar-refractivity contribution in [1.29, 1.82) is 0 Å². The summed E-state index contributed by atoms with van der Waals surface area (Å²) in [7, 11) is 0. The Morgan fingerprint density at radius 1 is 1.17 bits per heavy atom. The van der Waals surface area contributed by atoms with E-state index < -0.39 is 18.3 Å². The number of aromatic amines is 1. The zero-order valence-corrected chi connectivity index (χ0v) is 8.91. The van der Waals surface area contributed by atoms with Crippen LogP contribution in [0.15, 0.2) is 36.5 Å². The van der Waals surface area contributed by atoms with Crippen molar-refractivity contribution in [3.63, 3.8) is 0 Å². The van der Waals surface area contributed by atoms with Crippen LogP contribution in [0.5, 0.6) is 5.75 Å². The molecule has 0 aliphatic carbocycles. The summed E-state index contributed by atoms with van der Waals surface area (Å²) in [4.78, 5) is 0. The van der Waals surface area contributed by atoms with Gasteiger partial charge < -0.3 is 4.74 Å². The Morgan fingerprint density at radius 3 is 2.44 bits per heavy atom. The van der Waals surface area contributed by atoms with Gasteiger partial charge in [0.1, 0.15) is 5.69 Å². The summed E-state index contributed by atoms with van der Waals surface area (Å²) in [6.07, 6.45) is -7.53. The molecular weight excluding hydrogens is 252 g/mol. The monoisotopic (exact) mass is 260 g/mol. The third kappa shape index (κ3) is 2.44.